The number of nitrogens with one attached hydrogen (secondary N) is 1. The third kappa shape index (κ3) is 2.70. The van der Waals surface area contributed by atoms with Crippen LogP contribution in [0.4, 0.5) is 0 Å². The van der Waals surface area contributed by atoms with Gasteiger partial charge in [-0.2, -0.15) is 0 Å². The maximum absolute atomic E-state index is 11.7. The lowest BCUT2D eigenvalue weighted by molar-refractivity contribution is -0.113. The van der Waals surface area contributed by atoms with Gasteiger partial charge in [0, 0.05) is 5.57 Å². The summed E-state index contributed by atoms with van der Waals surface area (Å²) < 4.78 is 0. The van der Waals surface area contributed by atoms with Crippen LogP contribution in [0.15, 0.2) is 41.7 Å². The zero-order chi connectivity index (χ0) is 14.9. The van der Waals surface area contributed by atoms with Gasteiger partial charge in [-0.05, 0) is 39.7 Å². The Morgan fingerprint density at radius 1 is 1.30 bits per heavy atom. The number of ketones is 1. The summed E-state index contributed by atoms with van der Waals surface area (Å²) in [6, 6.07) is 10.4. The molecule has 0 saturated carbocycles. The quantitative estimate of drug-likeness (QED) is 0.642. The number of rotatable bonds is 2. The number of carbonyl (C=O) groups excluding carboxylic acids is 1. The summed E-state index contributed by atoms with van der Waals surface area (Å²) in [6.45, 7) is 7.57. The second kappa shape index (κ2) is 5.29. The normalized spacial score (nSPS) is 24.1. The fraction of sp³-hybridized carbons (Fsp3) is 0.438. The molecule has 4 nitrogen and oxygen atoms in total. The molecule has 20 heavy (non-hydrogen) atoms. The van der Waals surface area contributed by atoms with Crippen LogP contribution in [0, 0.1) is 0 Å². The van der Waals surface area contributed by atoms with Gasteiger partial charge >= 0.3 is 0 Å². The lowest BCUT2D eigenvalue weighted by Crippen LogP contribution is -2.57. The van der Waals surface area contributed by atoms with Crippen molar-refractivity contribution >= 4 is 5.78 Å². The van der Waals surface area contributed by atoms with E-state index in [1.165, 1.54) is 5.56 Å². The molecule has 0 radical (unpaired) electrons. The standard InChI is InChI=1S/C16H23N3O/c1-11(12(2)20)15-18-14(10-16(3,4)19(15)17)13-8-6-5-7-9-13/h5-9,14,18H,10,17H2,1-4H3/b15-11+/t14-/m1/s1. The zero-order valence-electron chi connectivity index (χ0n) is 12.6. The highest BCUT2D eigenvalue weighted by Gasteiger charge is 2.37. The first-order valence-corrected chi connectivity index (χ1v) is 6.91. The molecule has 108 valence electrons. The highest BCUT2D eigenvalue weighted by atomic mass is 16.1. The van der Waals surface area contributed by atoms with Crippen LogP contribution in [0.3, 0.4) is 0 Å². The van der Waals surface area contributed by atoms with Gasteiger partial charge in [-0.1, -0.05) is 30.3 Å². The van der Waals surface area contributed by atoms with E-state index in [9.17, 15) is 4.79 Å². The molecular weight excluding hydrogens is 250 g/mol. The van der Waals surface area contributed by atoms with Crippen LogP contribution in [0.25, 0.3) is 0 Å². The molecule has 0 amide bonds. The number of hydrazine groups is 1. The summed E-state index contributed by atoms with van der Waals surface area (Å²) in [4.78, 5) is 11.7. The Morgan fingerprint density at radius 2 is 1.90 bits per heavy atom. The van der Waals surface area contributed by atoms with Crippen molar-refractivity contribution in [3.05, 3.63) is 47.3 Å². The Balaban J connectivity index is 2.41. The summed E-state index contributed by atoms with van der Waals surface area (Å²) >= 11 is 0. The van der Waals surface area contributed by atoms with Crippen LogP contribution < -0.4 is 11.2 Å². The molecule has 2 rings (SSSR count). The number of benzene rings is 1. The van der Waals surface area contributed by atoms with Crippen molar-refractivity contribution in [1.82, 2.24) is 10.3 Å². The first-order valence-electron chi connectivity index (χ1n) is 6.91. The van der Waals surface area contributed by atoms with Gasteiger partial charge in [-0.15, -0.1) is 0 Å². The fourth-order valence-corrected chi connectivity index (χ4v) is 2.53. The molecule has 1 aromatic carbocycles. The van der Waals surface area contributed by atoms with Crippen molar-refractivity contribution in [2.24, 2.45) is 5.84 Å². The minimum absolute atomic E-state index is 0.0347. The Labute approximate surface area is 120 Å². The molecule has 0 aromatic heterocycles. The summed E-state index contributed by atoms with van der Waals surface area (Å²) in [5.74, 6) is 6.96. The average Bonchev–Trinajstić information content (AvgIpc) is 2.41. The molecule has 0 unspecified atom stereocenters. The van der Waals surface area contributed by atoms with E-state index in [0.717, 1.165) is 12.2 Å². The Hall–Kier alpha value is -1.81. The second-order valence-electron chi connectivity index (χ2n) is 6.02. The molecule has 1 saturated heterocycles. The molecular formula is C16H23N3O. The molecule has 0 aliphatic carbocycles. The topological polar surface area (TPSA) is 58.4 Å². The first kappa shape index (κ1) is 14.6. The van der Waals surface area contributed by atoms with Crippen LogP contribution in [-0.4, -0.2) is 16.3 Å². The van der Waals surface area contributed by atoms with E-state index in [-0.39, 0.29) is 17.4 Å². The smallest absolute Gasteiger partial charge is 0.159 e. The molecule has 1 heterocycles. The third-order valence-electron chi connectivity index (χ3n) is 3.99. The van der Waals surface area contributed by atoms with E-state index in [4.69, 9.17) is 5.84 Å². The van der Waals surface area contributed by atoms with Crippen molar-refractivity contribution in [1.29, 1.82) is 0 Å². The maximum Gasteiger partial charge on any atom is 0.159 e. The summed E-state index contributed by atoms with van der Waals surface area (Å²) in [7, 11) is 0. The largest absolute Gasteiger partial charge is 0.363 e. The van der Waals surface area contributed by atoms with Gasteiger partial charge in [0.2, 0.25) is 0 Å². The molecule has 1 atom stereocenters. The van der Waals surface area contributed by atoms with Gasteiger partial charge in [0.15, 0.2) is 5.78 Å². The number of nitrogens with zero attached hydrogens (tertiary/aromatic N) is 1. The molecule has 4 heteroatoms. The van der Waals surface area contributed by atoms with E-state index in [1.807, 2.05) is 25.1 Å². The minimum atomic E-state index is -0.211. The number of Topliss-reactive ketones (excluding diaryl/α,β-unsaturated/α-hetero) is 1. The van der Waals surface area contributed by atoms with E-state index in [2.05, 4.69) is 31.3 Å². The number of hydrogen-bond donors (Lipinski definition) is 2. The Bertz CT molecular complexity index is 534. The SMILES string of the molecule is CC(=O)/C(C)=C1\N[C@@H](c2ccccc2)CC(C)(C)N1N. The Morgan fingerprint density at radius 3 is 2.45 bits per heavy atom. The van der Waals surface area contributed by atoms with Gasteiger partial charge in [0.1, 0.15) is 5.82 Å². The fourth-order valence-electron chi connectivity index (χ4n) is 2.53. The van der Waals surface area contributed by atoms with Gasteiger partial charge in [-0.25, -0.2) is 5.84 Å². The first-order chi connectivity index (χ1) is 9.33. The van der Waals surface area contributed by atoms with E-state index in [0.29, 0.717) is 5.57 Å². The third-order valence-corrected chi connectivity index (χ3v) is 3.99. The van der Waals surface area contributed by atoms with Crippen molar-refractivity contribution in [2.45, 2.75) is 45.7 Å². The molecule has 1 aliphatic rings. The lowest BCUT2D eigenvalue weighted by atomic mass is 9.87. The monoisotopic (exact) mass is 273 g/mol. The van der Waals surface area contributed by atoms with E-state index >= 15 is 0 Å². The van der Waals surface area contributed by atoms with Crippen LogP contribution in [-0.2, 0) is 4.79 Å². The predicted molar refractivity (Wildman–Crippen MR) is 80.4 cm³/mol. The number of allylic oxidation sites excluding steroid dienone is 1. The summed E-state index contributed by atoms with van der Waals surface area (Å²) in [5, 5.41) is 5.10. The van der Waals surface area contributed by atoms with E-state index < -0.39 is 0 Å². The average molecular weight is 273 g/mol. The zero-order valence-corrected chi connectivity index (χ0v) is 12.6. The molecule has 3 N–H and O–H groups in total. The second-order valence-corrected chi connectivity index (χ2v) is 6.02. The minimum Gasteiger partial charge on any atom is -0.363 e. The highest BCUT2D eigenvalue weighted by molar-refractivity contribution is 5.93. The molecule has 0 spiro atoms. The summed E-state index contributed by atoms with van der Waals surface area (Å²) in [6.07, 6.45) is 0.877. The molecule has 1 aliphatic heterocycles. The van der Waals surface area contributed by atoms with Crippen molar-refractivity contribution in [3.63, 3.8) is 0 Å². The maximum atomic E-state index is 11.7. The Kier molecular flexibility index (Phi) is 3.86. The molecule has 1 fully saturated rings. The molecule has 0 bridgehead atoms. The van der Waals surface area contributed by atoms with Crippen LogP contribution in [0.5, 0.6) is 0 Å². The molecule has 1 aromatic rings. The predicted octanol–water partition coefficient (Wildman–Crippen LogP) is 2.50. The van der Waals surface area contributed by atoms with Crippen molar-refractivity contribution in [3.8, 4) is 0 Å². The van der Waals surface area contributed by atoms with Gasteiger partial charge in [-0.3, -0.25) is 9.80 Å². The summed E-state index contributed by atoms with van der Waals surface area (Å²) in [5.41, 5.74) is 1.67. The van der Waals surface area contributed by atoms with Gasteiger partial charge in [0.25, 0.3) is 0 Å². The van der Waals surface area contributed by atoms with Crippen LogP contribution >= 0.6 is 0 Å². The van der Waals surface area contributed by atoms with Gasteiger partial charge < -0.3 is 5.32 Å². The van der Waals surface area contributed by atoms with Gasteiger partial charge in [0.05, 0.1) is 11.6 Å². The van der Waals surface area contributed by atoms with Crippen LogP contribution in [0.1, 0.15) is 45.7 Å². The van der Waals surface area contributed by atoms with Crippen molar-refractivity contribution in [2.75, 3.05) is 0 Å². The number of nitrogens with two attached hydrogens (primary N) is 1. The van der Waals surface area contributed by atoms with E-state index in [1.54, 1.807) is 11.9 Å². The lowest BCUT2D eigenvalue weighted by Gasteiger charge is -2.47. The number of carbonyl (C=O) groups is 1. The highest BCUT2D eigenvalue weighted by Crippen LogP contribution is 2.34. The van der Waals surface area contributed by atoms with Crippen LogP contribution in [0.2, 0.25) is 0 Å². The number of hydrogen-bond acceptors (Lipinski definition) is 4. The van der Waals surface area contributed by atoms with Crippen molar-refractivity contribution < 1.29 is 4.79 Å².